The molecular formula is C6H11N5Y15. The first-order valence-electron chi connectivity index (χ1n) is 3.90. The number of rotatable bonds is 1. The number of piperidine rings is 1. The molecule has 1 fully saturated rings. The maximum atomic E-state index is 4.01. The van der Waals surface area contributed by atoms with Gasteiger partial charge in [0, 0.05) is 491 Å². The molecule has 15 radical (unpaired) electrons. The molecule has 2 heterocycles. The van der Waals surface area contributed by atoms with Gasteiger partial charge in [-0.25, -0.2) is 0 Å². The Balaban J connectivity index is -0.00000000800. The van der Waals surface area contributed by atoms with E-state index in [1.807, 2.05) is 0 Å². The summed E-state index contributed by atoms with van der Waals surface area (Å²) in [6.45, 7) is 2.12. The summed E-state index contributed by atoms with van der Waals surface area (Å²) in [7, 11) is 0. The zero-order chi connectivity index (χ0) is 7.52. The minimum absolute atomic E-state index is 0. The number of nitrogens with one attached hydrogen (secondary N) is 1. The second-order valence-corrected chi connectivity index (χ2v) is 2.74. The monoisotopic (exact) mass is 1490 g/mol. The molecule has 105 valence electrons. The van der Waals surface area contributed by atoms with Crippen molar-refractivity contribution in [3.05, 3.63) is 6.33 Å². The molecule has 1 aromatic rings. The number of hydrogen-bond acceptors (Lipinski definition) is 4. The molecule has 0 aromatic carbocycles. The first kappa shape index (κ1) is 90.0. The summed E-state index contributed by atoms with van der Waals surface area (Å²) in [5.74, 6) is 0. The summed E-state index contributed by atoms with van der Waals surface area (Å²) in [5.41, 5.74) is 0. The largest absolute Gasteiger partial charge is 0.317 e. The van der Waals surface area contributed by atoms with Crippen LogP contribution in [0.4, 0.5) is 0 Å². The summed E-state index contributed by atoms with van der Waals surface area (Å²) in [6.07, 6.45) is 3.70. The third-order valence-electron chi connectivity index (χ3n) is 2.00. The van der Waals surface area contributed by atoms with Crippen LogP contribution < -0.4 is 5.32 Å². The fraction of sp³-hybridized carbons (Fsp3) is 0.833. The van der Waals surface area contributed by atoms with Crippen molar-refractivity contribution in [3.8, 4) is 0 Å². The SMILES string of the molecule is [Y].[Y].[Y].[Y].[Y].[Y].[Y].[Y].[Y].[Y].[Y].[Y].[Y].[Y].[Y].c1nnn(C2CCNCC2)n1. The fourth-order valence-corrected chi connectivity index (χ4v) is 1.38. The Labute approximate surface area is 536 Å². The van der Waals surface area contributed by atoms with Crippen molar-refractivity contribution in [1.29, 1.82) is 0 Å². The standard InChI is InChI=1S/C6H11N5.15Y/c1-3-7-4-2-6(1)11-9-5-8-10-11;;;;;;;;;;;;;;;/h5-7H,1-4H2;;;;;;;;;;;;;;;. The van der Waals surface area contributed by atoms with E-state index in [4.69, 9.17) is 0 Å². The molecule has 1 N–H and O–H groups in total. The molecule has 0 bridgehead atoms. The number of nitrogens with zero attached hydrogens (tertiary/aromatic N) is 4. The van der Waals surface area contributed by atoms with Gasteiger partial charge in [0.25, 0.3) is 0 Å². The molecule has 20 heteroatoms. The first-order valence-corrected chi connectivity index (χ1v) is 3.90. The summed E-state index contributed by atoms with van der Waals surface area (Å²) >= 11 is 0. The summed E-state index contributed by atoms with van der Waals surface area (Å²) < 4.78 is 0. The van der Waals surface area contributed by atoms with Gasteiger partial charge >= 0.3 is 0 Å². The Morgan fingerprint density at radius 2 is 0.962 bits per heavy atom. The van der Waals surface area contributed by atoms with Crippen molar-refractivity contribution in [2.75, 3.05) is 13.1 Å². The van der Waals surface area contributed by atoms with Crippen molar-refractivity contribution in [1.82, 2.24) is 25.5 Å². The van der Waals surface area contributed by atoms with Crippen LogP contribution in [-0.4, -0.2) is 33.3 Å². The van der Waals surface area contributed by atoms with Gasteiger partial charge in [0.15, 0.2) is 6.33 Å². The Morgan fingerprint density at radius 3 is 1.23 bits per heavy atom. The average molecular weight is 1490 g/mol. The molecule has 2 rings (SSSR count). The average Bonchev–Trinajstić information content (AvgIpc) is 2.58. The zero-order valence-corrected chi connectivity index (χ0v) is 57.5. The predicted molar refractivity (Wildman–Crippen MR) is 39.0 cm³/mol. The van der Waals surface area contributed by atoms with Crippen molar-refractivity contribution < 1.29 is 491 Å². The van der Waals surface area contributed by atoms with Crippen LogP contribution >= 0.6 is 0 Å². The van der Waals surface area contributed by atoms with Crippen molar-refractivity contribution in [2.45, 2.75) is 18.9 Å². The van der Waals surface area contributed by atoms with Gasteiger partial charge in [-0.15, -0.1) is 10.2 Å². The quantitative estimate of drug-likeness (QED) is 0.416. The van der Waals surface area contributed by atoms with Gasteiger partial charge in [0.2, 0.25) is 0 Å². The van der Waals surface area contributed by atoms with Gasteiger partial charge in [-0.1, -0.05) is 0 Å². The van der Waals surface area contributed by atoms with Crippen LogP contribution in [0.25, 0.3) is 0 Å². The predicted octanol–water partition coefficient (Wildman–Crippen LogP) is -0.440. The van der Waals surface area contributed by atoms with Gasteiger partial charge in [0.05, 0.1) is 6.04 Å². The summed E-state index contributed by atoms with van der Waals surface area (Å²) in [6, 6.07) is 0.457. The molecule has 1 aliphatic rings. The van der Waals surface area contributed by atoms with E-state index in [0.717, 1.165) is 25.9 Å². The first-order chi connectivity index (χ1) is 5.47. The van der Waals surface area contributed by atoms with Crippen LogP contribution in [0.1, 0.15) is 18.9 Å². The van der Waals surface area contributed by atoms with Crippen LogP contribution in [-0.2, 0) is 491 Å². The molecule has 0 spiro atoms. The van der Waals surface area contributed by atoms with Gasteiger partial charge in [-0.3, -0.25) is 0 Å². The topological polar surface area (TPSA) is 55.6 Å². The number of hydrogen-bond donors (Lipinski definition) is 1. The van der Waals surface area contributed by atoms with Gasteiger partial charge in [0.1, 0.15) is 0 Å². The summed E-state index contributed by atoms with van der Waals surface area (Å²) in [5, 5.41) is 14.8. The van der Waals surface area contributed by atoms with Gasteiger partial charge in [-0.05, 0) is 31.1 Å². The zero-order valence-electron chi connectivity index (χ0n) is 14.9. The maximum absolute atomic E-state index is 4.01. The second-order valence-electron chi connectivity index (χ2n) is 2.74. The molecule has 5 nitrogen and oxygen atoms in total. The molecule has 1 aromatic heterocycles. The molecule has 1 aliphatic heterocycles. The molecule has 0 amide bonds. The van der Waals surface area contributed by atoms with E-state index in [1.54, 1.807) is 4.80 Å². The molecule has 0 unspecified atom stereocenters. The van der Waals surface area contributed by atoms with Crippen molar-refractivity contribution in [3.63, 3.8) is 0 Å². The molecule has 0 atom stereocenters. The molecule has 0 saturated carbocycles. The fourth-order valence-electron chi connectivity index (χ4n) is 1.38. The Bertz CT molecular complexity index is 226. The molecule has 1 saturated heterocycles. The Hall–Kier alpha value is 15.6. The number of tetrazole rings is 1. The maximum Gasteiger partial charge on any atom is 0.162 e. The van der Waals surface area contributed by atoms with E-state index >= 15 is 0 Å². The third kappa shape index (κ3) is 49.3. The van der Waals surface area contributed by atoms with Crippen molar-refractivity contribution in [2.24, 2.45) is 0 Å². The van der Waals surface area contributed by atoms with Crippen LogP contribution in [0.2, 0.25) is 0 Å². The minimum Gasteiger partial charge on any atom is -0.317 e. The van der Waals surface area contributed by atoms with E-state index in [2.05, 4.69) is 20.7 Å². The van der Waals surface area contributed by atoms with E-state index < -0.39 is 0 Å². The van der Waals surface area contributed by atoms with Crippen LogP contribution in [0.5, 0.6) is 0 Å². The molecule has 26 heavy (non-hydrogen) atoms. The van der Waals surface area contributed by atoms with E-state index in [0.29, 0.717) is 6.04 Å². The van der Waals surface area contributed by atoms with E-state index in [1.165, 1.54) is 6.33 Å². The Morgan fingerprint density at radius 1 is 0.615 bits per heavy atom. The van der Waals surface area contributed by atoms with Crippen LogP contribution in [0.15, 0.2) is 6.33 Å². The minimum atomic E-state index is 0. The van der Waals surface area contributed by atoms with Gasteiger partial charge in [-0.2, -0.15) is 4.80 Å². The van der Waals surface area contributed by atoms with E-state index in [-0.39, 0.29) is 491 Å². The molecular weight excluding hydrogens is 1480 g/mol. The van der Waals surface area contributed by atoms with Crippen LogP contribution in [0, 0.1) is 0 Å². The number of aromatic nitrogens is 4. The smallest absolute Gasteiger partial charge is 0.162 e. The normalized spacial score (nSPS) is 8.62. The van der Waals surface area contributed by atoms with E-state index in [9.17, 15) is 0 Å². The second kappa shape index (κ2) is 68.0. The van der Waals surface area contributed by atoms with Crippen LogP contribution in [0.3, 0.4) is 0 Å². The van der Waals surface area contributed by atoms with Gasteiger partial charge < -0.3 is 5.32 Å². The third-order valence-corrected chi connectivity index (χ3v) is 2.00. The Kier molecular flexibility index (Phi) is 235. The van der Waals surface area contributed by atoms with Crippen molar-refractivity contribution >= 4 is 0 Å². The molecule has 0 aliphatic carbocycles. The summed E-state index contributed by atoms with van der Waals surface area (Å²) in [4.78, 5) is 1.71.